The van der Waals surface area contributed by atoms with E-state index in [-0.39, 0.29) is 49.7 Å². The van der Waals surface area contributed by atoms with Crippen molar-refractivity contribution in [1.82, 2.24) is 24.3 Å². The minimum atomic E-state index is -4.84. The van der Waals surface area contributed by atoms with Crippen molar-refractivity contribution in [2.24, 2.45) is 20.5 Å². The van der Waals surface area contributed by atoms with Crippen LogP contribution in [0.5, 0.6) is 5.75 Å². The van der Waals surface area contributed by atoms with Crippen LogP contribution >= 0.6 is 0 Å². The van der Waals surface area contributed by atoms with Crippen LogP contribution in [0.4, 0.5) is 39.3 Å². The summed E-state index contributed by atoms with van der Waals surface area (Å²) in [5.74, 6) is -3.14. The second-order valence-corrected chi connectivity index (χ2v) is 22.9. The zero-order valence-corrected chi connectivity index (χ0v) is 45.7. The van der Waals surface area contributed by atoms with Gasteiger partial charge in [0.15, 0.2) is 11.6 Å². The molecular formula is C58H59F2N9O11S. The van der Waals surface area contributed by atoms with E-state index in [0.717, 1.165) is 71.9 Å². The minimum absolute atomic E-state index is 0.105. The highest BCUT2D eigenvalue weighted by atomic mass is 32.2. The summed E-state index contributed by atoms with van der Waals surface area (Å²) in [7, 11) is 0.594. The van der Waals surface area contributed by atoms with Crippen LogP contribution in [0.2, 0.25) is 0 Å². The molecular weight excluding hydrogens is 1070 g/mol. The summed E-state index contributed by atoms with van der Waals surface area (Å²) >= 11 is 0. The molecule has 4 saturated heterocycles. The third-order valence-electron chi connectivity index (χ3n) is 18.1. The van der Waals surface area contributed by atoms with Crippen LogP contribution in [-0.4, -0.2) is 131 Å². The molecule has 23 heteroatoms. The van der Waals surface area contributed by atoms with Crippen LogP contribution in [0.25, 0.3) is 0 Å². The molecule has 4 aliphatic heterocycles. The van der Waals surface area contributed by atoms with Gasteiger partial charge in [0.1, 0.15) is 11.1 Å². The monoisotopic (exact) mass is 1130 g/mol. The number of hydrogen-bond donors (Lipinski definition) is 1. The average Bonchev–Trinajstić information content (AvgIpc) is 4.40. The molecule has 1 N–H and O–H groups in total. The van der Waals surface area contributed by atoms with E-state index >= 15 is 0 Å². The Morgan fingerprint density at radius 2 is 1.02 bits per heavy atom. The van der Waals surface area contributed by atoms with Crippen LogP contribution in [0, 0.1) is 11.6 Å². The normalized spacial score (nSPS) is 27.0. The maximum Gasteiger partial charge on any atom is 0.409 e. The lowest BCUT2D eigenvalue weighted by molar-refractivity contribution is 0.111. The highest BCUT2D eigenvalue weighted by molar-refractivity contribution is 7.85. The zero-order valence-electron chi connectivity index (χ0n) is 44.9. The lowest BCUT2D eigenvalue weighted by atomic mass is 9.89. The van der Waals surface area contributed by atoms with Crippen LogP contribution in [0.15, 0.2) is 124 Å². The molecule has 5 aromatic carbocycles. The second kappa shape index (κ2) is 20.5. The molecule has 0 spiro atoms. The number of rotatable bonds is 8. The van der Waals surface area contributed by atoms with Crippen molar-refractivity contribution in [1.29, 1.82) is 0 Å². The van der Waals surface area contributed by atoms with E-state index in [1.54, 1.807) is 28.0 Å². The van der Waals surface area contributed by atoms with Crippen molar-refractivity contribution in [3.05, 3.63) is 159 Å². The number of benzene rings is 5. The number of para-hydroxylation sites is 1. The smallest absolute Gasteiger partial charge is 0.409 e. The predicted molar refractivity (Wildman–Crippen MR) is 286 cm³/mol. The largest absolute Gasteiger partial charge is 0.453 e. The highest BCUT2D eigenvalue weighted by Gasteiger charge is 2.60. The van der Waals surface area contributed by atoms with E-state index in [2.05, 4.69) is 22.9 Å². The topological polar surface area (TPSA) is 223 Å². The molecule has 4 amide bonds. The number of methoxy groups -OCH3 is 4. The van der Waals surface area contributed by atoms with E-state index in [0.29, 0.717) is 55.1 Å². The van der Waals surface area contributed by atoms with Crippen molar-refractivity contribution in [2.45, 2.75) is 98.1 Å². The molecule has 0 aromatic heterocycles. The molecule has 422 valence electrons. The Balaban J connectivity index is 0.000000169. The summed E-state index contributed by atoms with van der Waals surface area (Å²) in [5.41, 5.74) is 6.47. The fraction of sp³-hybridized carbons (Fsp3) is 0.414. The van der Waals surface area contributed by atoms with Gasteiger partial charge in [0.25, 0.3) is 0 Å². The van der Waals surface area contributed by atoms with Gasteiger partial charge in [-0.05, 0) is 120 Å². The van der Waals surface area contributed by atoms with Crippen LogP contribution in [-0.2, 0) is 71.6 Å². The molecule has 0 radical (unpaired) electrons. The van der Waals surface area contributed by atoms with Gasteiger partial charge in [0.05, 0.1) is 63.5 Å². The Hall–Kier alpha value is -8.05. The number of ether oxygens (including phenoxy) is 4. The number of azo groups is 2. The average molecular weight is 1130 g/mol. The number of carbonyl (C=O) groups is 4. The number of hydrogen-bond acceptors (Lipinski definition) is 15. The second-order valence-electron chi connectivity index (χ2n) is 21.6. The fourth-order valence-electron chi connectivity index (χ4n) is 14.6. The van der Waals surface area contributed by atoms with Crippen molar-refractivity contribution in [2.75, 3.05) is 54.6 Å². The van der Waals surface area contributed by atoms with Gasteiger partial charge in [-0.2, -0.15) is 33.6 Å². The number of likely N-dealkylation sites (tertiary alicyclic amines) is 4. The van der Waals surface area contributed by atoms with Gasteiger partial charge in [0, 0.05) is 38.1 Å². The quantitative estimate of drug-likeness (QED) is 0.114. The van der Waals surface area contributed by atoms with Crippen molar-refractivity contribution in [3.63, 3.8) is 0 Å². The SMILES string of the molecule is COC(=O)N1CC[C@H]2c3cccc(N=N[C@]45CCN(C(=O)OC)[C@H]4Cc4ccccc45)c3C[C@H]21.COC(=O)N1CC[C@]2(N=Nc3cccc4c3C[C@H]3N(C(=O)OC)CC[C@@]43NS(=O)(=O)Oc3c(F)cccc3F)c3ccccc3C[C@H]12. The van der Waals surface area contributed by atoms with Gasteiger partial charge in [-0.3, -0.25) is 0 Å². The van der Waals surface area contributed by atoms with Gasteiger partial charge < -0.3 is 42.7 Å². The molecule has 4 aliphatic carbocycles. The van der Waals surface area contributed by atoms with Gasteiger partial charge in [-0.25, -0.2) is 28.0 Å². The summed E-state index contributed by atoms with van der Waals surface area (Å²) in [6.45, 7) is 1.89. The third-order valence-corrected chi connectivity index (χ3v) is 19.1. The summed E-state index contributed by atoms with van der Waals surface area (Å²) in [6.07, 6.45) is 2.87. The first kappa shape index (κ1) is 53.6. The maximum absolute atomic E-state index is 14.4. The van der Waals surface area contributed by atoms with Crippen molar-refractivity contribution in [3.8, 4) is 5.75 Å². The maximum atomic E-state index is 14.4. The molecule has 13 rings (SSSR count). The van der Waals surface area contributed by atoms with E-state index in [1.807, 2.05) is 53.4 Å². The van der Waals surface area contributed by atoms with Gasteiger partial charge >= 0.3 is 34.7 Å². The summed E-state index contributed by atoms with van der Waals surface area (Å²) in [6, 6.07) is 29.3. The molecule has 20 nitrogen and oxygen atoms in total. The molecule has 8 atom stereocenters. The number of carbonyl (C=O) groups excluding carboxylic acids is 4. The number of fused-ring (bicyclic) bond motifs is 12. The van der Waals surface area contributed by atoms with E-state index in [4.69, 9.17) is 43.6 Å². The Kier molecular flexibility index (Phi) is 13.6. The van der Waals surface area contributed by atoms with E-state index in [9.17, 15) is 36.4 Å². The van der Waals surface area contributed by atoms with E-state index in [1.165, 1.54) is 44.5 Å². The lowest BCUT2D eigenvalue weighted by Crippen LogP contribution is -2.53. The Morgan fingerprint density at radius 1 is 0.543 bits per heavy atom. The van der Waals surface area contributed by atoms with Crippen molar-refractivity contribution < 1.29 is 59.5 Å². The molecule has 81 heavy (non-hydrogen) atoms. The van der Waals surface area contributed by atoms with Gasteiger partial charge in [-0.1, -0.05) is 78.9 Å². The number of nitrogens with zero attached hydrogens (tertiary/aromatic N) is 8. The number of nitrogens with one attached hydrogen (secondary N) is 1. The molecule has 0 unspecified atom stereocenters. The zero-order chi connectivity index (χ0) is 56.6. The first-order valence-corrected chi connectivity index (χ1v) is 28.3. The predicted octanol–water partition coefficient (Wildman–Crippen LogP) is 9.39. The Labute approximate surface area is 466 Å². The third kappa shape index (κ3) is 8.63. The van der Waals surface area contributed by atoms with E-state index < -0.39 is 62.5 Å². The molecule has 4 heterocycles. The van der Waals surface area contributed by atoms with Crippen molar-refractivity contribution >= 4 is 46.1 Å². The van der Waals surface area contributed by atoms with Gasteiger partial charge in [0.2, 0.25) is 5.75 Å². The van der Waals surface area contributed by atoms with Crippen LogP contribution in [0.3, 0.4) is 0 Å². The summed E-state index contributed by atoms with van der Waals surface area (Å²) < 4.78 is 83.1. The fourth-order valence-corrected chi connectivity index (χ4v) is 15.8. The number of amides is 4. The molecule has 0 bridgehead atoms. The molecule has 4 fully saturated rings. The van der Waals surface area contributed by atoms with Gasteiger partial charge in [-0.15, -0.1) is 0 Å². The Morgan fingerprint density at radius 3 is 1.59 bits per heavy atom. The van der Waals surface area contributed by atoms with Crippen LogP contribution in [0.1, 0.15) is 76.1 Å². The highest BCUT2D eigenvalue weighted by Crippen LogP contribution is 2.55. The Bertz CT molecular complexity index is 3550. The molecule has 0 saturated carbocycles. The number of halogens is 2. The molecule has 8 aliphatic rings. The first-order valence-electron chi connectivity index (χ1n) is 26.9. The first-order chi connectivity index (χ1) is 39.1. The summed E-state index contributed by atoms with van der Waals surface area (Å²) in [4.78, 5) is 57.0. The standard InChI is InChI=1S/C32H31F2N5O7S.C26H28N4O4/c1-44-29(40)38-15-13-31(21-8-4-3-7-19(21)17-26(31)38)36-35-25-12-5-9-22-20(25)18-27-32(22,14-16-39(27)30(41)45-2)37-47(42,43)46-28-23(33)10-6-11-24(28)34;1-33-24(31)29-12-10-18-17-7-5-9-21(19(17)15-22(18)29)27-28-26-11-13-30(25(32)34-2)23(26)14-16-6-3-4-8-20(16)26/h3-12,26-27,37H,13-18H2,1-2H3;3-9,18,22-23H,10-15H2,1-2H3/t26-,27+,31-,32+;18-,22+,23-,26-/m00/s1. The lowest BCUT2D eigenvalue weighted by Gasteiger charge is -2.32. The minimum Gasteiger partial charge on any atom is -0.453 e. The van der Waals surface area contributed by atoms with Crippen LogP contribution < -0.4 is 8.91 Å². The molecule has 5 aromatic rings. The summed E-state index contributed by atoms with van der Waals surface area (Å²) in [5, 5.41) is 19.5.